The Hall–Kier alpha value is -1.49. The smallest absolute Gasteiger partial charge is 0.320 e. The van der Waals surface area contributed by atoms with Gasteiger partial charge in [0.1, 0.15) is 10.9 Å². The molecule has 1 aromatic carbocycles. The maximum Gasteiger partial charge on any atom is 0.320 e. The van der Waals surface area contributed by atoms with Crippen molar-refractivity contribution in [2.24, 2.45) is 11.8 Å². The van der Waals surface area contributed by atoms with Crippen molar-refractivity contribution in [1.82, 2.24) is 0 Å². The molecule has 0 saturated carbocycles. The topological polar surface area (TPSA) is 63.6 Å². The van der Waals surface area contributed by atoms with E-state index in [0.717, 1.165) is 4.90 Å². The molecule has 0 heterocycles. The predicted octanol–water partition coefficient (Wildman–Crippen LogP) is 4.24. The third-order valence-corrected chi connectivity index (χ3v) is 4.37. The molecule has 0 saturated heterocycles. The number of hydrogen-bond donors (Lipinski definition) is 1. The maximum atomic E-state index is 12.6. The number of thioether (sulfide) groups is 1. The van der Waals surface area contributed by atoms with Crippen LogP contribution in [-0.4, -0.2) is 27.9 Å². The van der Waals surface area contributed by atoms with Crippen molar-refractivity contribution >= 4 is 23.7 Å². The summed E-state index contributed by atoms with van der Waals surface area (Å²) in [5, 5.41) is 8.83. The number of carbonyl (C=O) groups is 2. The second kappa shape index (κ2) is 8.39. The molecule has 23 heavy (non-hydrogen) atoms. The van der Waals surface area contributed by atoms with Crippen molar-refractivity contribution in [2.45, 2.75) is 56.8 Å². The van der Waals surface area contributed by atoms with Gasteiger partial charge in [-0.25, -0.2) is 0 Å². The SMILES string of the molecule is CC(C)C[C@@H](C(=O)O)[C@H](Sc1ccccc1)C(=O)OC(C)(C)C. The molecule has 1 rings (SSSR count). The maximum absolute atomic E-state index is 12.6. The van der Waals surface area contributed by atoms with Crippen LogP contribution in [0, 0.1) is 11.8 Å². The van der Waals surface area contributed by atoms with Gasteiger partial charge in [0.15, 0.2) is 0 Å². The van der Waals surface area contributed by atoms with Crippen LogP contribution >= 0.6 is 11.8 Å². The zero-order valence-corrected chi connectivity index (χ0v) is 15.2. The number of esters is 1. The Morgan fingerprint density at radius 1 is 1.17 bits per heavy atom. The Morgan fingerprint density at radius 3 is 2.17 bits per heavy atom. The third-order valence-electron chi connectivity index (χ3n) is 3.05. The van der Waals surface area contributed by atoms with Gasteiger partial charge in [-0.15, -0.1) is 11.8 Å². The molecular formula is C18H26O4S. The summed E-state index contributed by atoms with van der Waals surface area (Å²) < 4.78 is 5.46. The third kappa shape index (κ3) is 7.08. The second-order valence-corrected chi connectivity index (χ2v) is 8.17. The van der Waals surface area contributed by atoms with Gasteiger partial charge in [-0.3, -0.25) is 9.59 Å². The quantitative estimate of drug-likeness (QED) is 0.595. The highest BCUT2D eigenvalue weighted by molar-refractivity contribution is 8.00. The molecule has 0 bridgehead atoms. The summed E-state index contributed by atoms with van der Waals surface area (Å²) in [6.07, 6.45) is 0.430. The number of carbonyl (C=O) groups excluding carboxylic acids is 1. The molecule has 4 nitrogen and oxygen atoms in total. The van der Waals surface area contributed by atoms with E-state index in [4.69, 9.17) is 4.74 Å². The highest BCUT2D eigenvalue weighted by Crippen LogP contribution is 2.33. The van der Waals surface area contributed by atoms with Crippen molar-refractivity contribution in [1.29, 1.82) is 0 Å². The Balaban J connectivity index is 3.07. The van der Waals surface area contributed by atoms with E-state index in [0.29, 0.717) is 6.42 Å². The molecule has 0 spiro atoms. The first-order chi connectivity index (χ1) is 10.6. The van der Waals surface area contributed by atoms with Crippen molar-refractivity contribution in [3.8, 4) is 0 Å². The number of benzene rings is 1. The van der Waals surface area contributed by atoms with Crippen LogP contribution < -0.4 is 0 Å². The summed E-state index contributed by atoms with van der Waals surface area (Å²) in [6.45, 7) is 9.26. The molecule has 0 aromatic heterocycles. The Kier molecular flexibility index (Phi) is 7.13. The lowest BCUT2D eigenvalue weighted by molar-refractivity contribution is -0.159. The lowest BCUT2D eigenvalue weighted by Crippen LogP contribution is -2.38. The Morgan fingerprint density at radius 2 is 1.74 bits per heavy atom. The number of carboxylic acids is 1. The van der Waals surface area contributed by atoms with Gasteiger partial charge >= 0.3 is 11.9 Å². The van der Waals surface area contributed by atoms with Gasteiger partial charge in [-0.2, -0.15) is 0 Å². The van der Waals surface area contributed by atoms with Gasteiger partial charge in [0, 0.05) is 4.90 Å². The van der Waals surface area contributed by atoms with E-state index >= 15 is 0 Å². The zero-order valence-electron chi connectivity index (χ0n) is 14.4. The van der Waals surface area contributed by atoms with E-state index in [9.17, 15) is 14.7 Å². The van der Waals surface area contributed by atoms with E-state index in [1.807, 2.05) is 44.2 Å². The molecule has 0 aliphatic rings. The van der Waals surface area contributed by atoms with Crippen LogP contribution in [0.25, 0.3) is 0 Å². The summed E-state index contributed by atoms with van der Waals surface area (Å²) >= 11 is 1.26. The molecule has 0 radical (unpaired) electrons. The average Bonchev–Trinajstić information content (AvgIpc) is 2.41. The lowest BCUT2D eigenvalue weighted by atomic mass is 9.94. The molecule has 0 unspecified atom stereocenters. The summed E-state index contributed by atoms with van der Waals surface area (Å²) in [6, 6.07) is 9.36. The first-order valence-electron chi connectivity index (χ1n) is 7.77. The largest absolute Gasteiger partial charge is 0.481 e. The number of aliphatic carboxylic acids is 1. The fourth-order valence-electron chi connectivity index (χ4n) is 2.16. The Bertz CT molecular complexity index is 520. The average molecular weight is 338 g/mol. The van der Waals surface area contributed by atoms with Crippen molar-refractivity contribution < 1.29 is 19.4 Å². The van der Waals surface area contributed by atoms with Crippen molar-refractivity contribution in [3.63, 3.8) is 0 Å². The molecule has 0 fully saturated rings. The molecule has 2 atom stereocenters. The summed E-state index contributed by atoms with van der Waals surface area (Å²) in [7, 11) is 0. The van der Waals surface area contributed by atoms with E-state index in [-0.39, 0.29) is 5.92 Å². The predicted molar refractivity (Wildman–Crippen MR) is 92.5 cm³/mol. The summed E-state index contributed by atoms with van der Waals surface area (Å²) in [5.74, 6) is -2.04. The highest BCUT2D eigenvalue weighted by Gasteiger charge is 2.37. The highest BCUT2D eigenvalue weighted by atomic mass is 32.2. The number of carboxylic acid groups (broad SMARTS) is 1. The van der Waals surface area contributed by atoms with Crippen LogP contribution in [-0.2, 0) is 14.3 Å². The van der Waals surface area contributed by atoms with Crippen LogP contribution in [0.1, 0.15) is 41.0 Å². The monoisotopic (exact) mass is 338 g/mol. The van der Waals surface area contributed by atoms with Gasteiger partial charge in [-0.1, -0.05) is 32.0 Å². The standard InChI is InChI=1S/C18H26O4S/c1-12(2)11-14(16(19)20)15(17(21)22-18(3,4)5)23-13-9-7-6-8-10-13/h6-10,12,14-15H,11H2,1-5H3,(H,19,20)/t14-,15+/m1/s1. The van der Waals surface area contributed by atoms with Gasteiger partial charge in [-0.05, 0) is 45.2 Å². The van der Waals surface area contributed by atoms with Crippen molar-refractivity contribution in [2.75, 3.05) is 0 Å². The minimum absolute atomic E-state index is 0.178. The molecule has 5 heteroatoms. The molecule has 128 valence electrons. The minimum atomic E-state index is -0.960. The zero-order chi connectivity index (χ0) is 17.6. The first-order valence-corrected chi connectivity index (χ1v) is 8.65. The van der Waals surface area contributed by atoms with Gasteiger partial charge < -0.3 is 9.84 Å². The van der Waals surface area contributed by atoms with Crippen LogP contribution in [0.2, 0.25) is 0 Å². The number of ether oxygens (including phenoxy) is 1. The fourth-order valence-corrected chi connectivity index (χ4v) is 3.31. The molecule has 0 aliphatic carbocycles. The van der Waals surface area contributed by atoms with Gasteiger partial charge in [0.2, 0.25) is 0 Å². The van der Waals surface area contributed by atoms with Crippen LogP contribution in [0.5, 0.6) is 0 Å². The number of hydrogen-bond acceptors (Lipinski definition) is 4. The van der Waals surface area contributed by atoms with E-state index in [1.165, 1.54) is 11.8 Å². The lowest BCUT2D eigenvalue weighted by Gasteiger charge is -2.27. The molecule has 1 N–H and O–H groups in total. The van der Waals surface area contributed by atoms with E-state index < -0.39 is 28.7 Å². The molecule has 0 aliphatic heterocycles. The normalized spacial score (nSPS) is 14.3. The fraction of sp³-hybridized carbons (Fsp3) is 0.556. The van der Waals surface area contributed by atoms with E-state index in [1.54, 1.807) is 20.8 Å². The molecule has 0 amide bonds. The van der Waals surface area contributed by atoms with Gasteiger partial charge in [0.05, 0.1) is 5.92 Å². The summed E-state index contributed by atoms with van der Waals surface area (Å²) in [4.78, 5) is 25.2. The van der Waals surface area contributed by atoms with E-state index in [2.05, 4.69) is 0 Å². The Labute approximate surface area is 142 Å². The van der Waals surface area contributed by atoms with Crippen LogP contribution in [0.3, 0.4) is 0 Å². The second-order valence-electron chi connectivity index (χ2n) is 6.96. The van der Waals surface area contributed by atoms with Crippen LogP contribution in [0.15, 0.2) is 35.2 Å². The van der Waals surface area contributed by atoms with Crippen molar-refractivity contribution in [3.05, 3.63) is 30.3 Å². The first kappa shape index (κ1) is 19.6. The molecule has 1 aromatic rings. The minimum Gasteiger partial charge on any atom is -0.481 e. The molecular weight excluding hydrogens is 312 g/mol. The number of rotatable bonds is 7. The van der Waals surface area contributed by atoms with Crippen LogP contribution in [0.4, 0.5) is 0 Å². The summed E-state index contributed by atoms with van der Waals surface area (Å²) in [5.41, 5.74) is -0.645. The van der Waals surface area contributed by atoms with Gasteiger partial charge in [0.25, 0.3) is 0 Å².